The highest BCUT2D eigenvalue weighted by Gasteiger charge is 2.70. The van der Waals surface area contributed by atoms with Crippen LogP contribution in [0.4, 0.5) is 26.3 Å². The van der Waals surface area contributed by atoms with Crippen molar-refractivity contribution in [3.8, 4) is 0 Å². The zero-order valence-electron chi connectivity index (χ0n) is 10.8. The Morgan fingerprint density at radius 2 is 1.20 bits per heavy atom. The van der Waals surface area contributed by atoms with E-state index in [1.165, 1.54) is 12.2 Å². The highest BCUT2D eigenvalue weighted by atomic mass is 19.4. The van der Waals surface area contributed by atoms with Crippen molar-refractivity contribution >= 4 is 0 Å². The van der Waals surface area contributed by atoms with E-state index >= 15 is 0 Å². The van der Waals surface area contributed by atoms with Crippen molar-refractivity contribution in [3.63, 3.8) is 0 Å². The van der Waals surface area contributed by atoms with Gasteiger partial charge in [0.2, 0.25) is 0 Å². The molecule has 0 aromatic rings. The van der Waals surface area contributed by atoms with E-state index in [1.54, 1.807) is 0 Å². The van der Waals surface area contributed by atoms with Gasteiger partial charge in [0.1, 0.15) is 0 Å². The first-order valence-electron chi connectivity index (χ1n) is 5.79. The second-order valence-corrected chi connectivity index (χ2v) is 4.29. The Hall–Kier alpha value is -1.02. The molecule has 118 valence electrons. The number of hydrogen-bond acceptors (Lipinski definition) is 2. The number of halogens is 6. The van der Waals surface area contributed by atoms with E-state index in [0.717, 1.165) is 4.90 Å². The molecule has 8 heteroatoms. The molecule has 20 heavy (non-hydrogen) atoms. The second-order valence-electron chi connectivity index (χ2n) is 4.29. The standard InChI is InChI=1S/C12H17F6NO/c1-3-5-7-19(8-6-4-2)9-10(20,11(13,14)15)12(16,17)18/h3-4,20H,1-2,5-9H2. The SMILES string of the molecule is C=CCCN(CCC=C)CC(O)(C(F)(F)F)C(F)(F)F. The van der Waals surface area contributed by atoms with Gasteiger partial charge in [-0.2, -0.15) is 26.3 Å². The van der Waals surface area contributed by atoms with Crippen molar-refractivity contribution in [1.82, 2.24) is 4.90 Å². The van der Waals surface area contributed by atoms with Crippen molar-refractivity contribution in [2.75, 3.05) is 19.6 Å². The predicted molar refractivity (Wildman–Crippen MR) is 63.1 cm³/mol. The number of hydrogen-bond donors (Lipinski definition) is 1. The molecule has 1 N–H and O–H groups in total. The highest BCUT2D eigenvalue weighted by Crippen LogP contribution is 2.43. The van der Waals surface area contributed by atoms with Gasteiger partial charge in [-0.05, 0) is 12.8 Å². The molecule has 0 aliphatic carbocycles. The second kappa shape index (κ2) is 7.12. The largest absolute Gasteiger partial charge is 0.427 e. The molecule has 0 spiro atoms. The minimum absolute atomic E-state index is 0.0637. The van der Waals surface area contributed by atoms with Crippen LogP contribution in [0.3, 0.4) is 0 Å². The predicted octanol–water partition coefficient (Wildman–Crippen LogP) is 3.30. The molecule has 0 unspecified atom stereocenters. The quantitative estimate of drug-likeness (QED) is 0.549. The maximum Gasteiger partial charge on any atom is 0.427 e. The van der Waals surface area contributed by atoms with Gasteiger partial charge in [0.05, 0.1) is 0 Å². The molecule has 0 atom stereocenters. The van der Waals surface area contributed by atoms with Crippen molar-refractivity contribution in [2.24, 2.45) is 0 Å². The molecule has 0 saturated heterocycles. The topological polar surface area (TPSA) is 23.5 Å². The van der Waals surface area contributed by atoms with E-state index in [9.17, 15) is 26.3 Å². The lowest BCUT2D eigenvalue weighted by Gasteiger charge is -2.36. The first-order chi connectivity index (χ1) is 8.99. The van der Waals surface area contributed by atoms with Gasteiger partial charge in [0.15, 0.2) is 0 Å². The summed E-state index contributed by atoms with van der Waals surface area (Å²) in [4.78, 5) is 0.893. The van der Waals surface area contributed by atoms with Crippen LogP contribution in [0.1, 0.15) is 12.8 Å². The van der Waals surface area contributed by atoms with Crippen LogP contribution in [0.15, 0.2) is 25.3 Å². The van der Waals surface area contributed by atoms with Gasteiger partial charge >= 0.3 is 12.4 Å². The Morgan fingerprint density at radius 3 is 1.45 bits per heavy atom. The molecular formula is C12H17F6NO. The van der Waals surface area contributed by atoms with Gasteiger partial charge in [0.25, 0.3) is 5.60 Å². The van der Waals surface area contributed by atoms with E-state index < -0.39 is 24.5 Å². The fourth-order valence-corrected chi connectivity index (χ4v) is 1.48. The molecule has 0 fully saturated rings. The normalized spacial score (nSPS) is 13.6. The first-order valence-corrected chi connectivity index (χ1v) is 5.79. The van der Waals surface area contributed by atoms with Gasteiger partial charge in [-0.1, -0.05) is 12.2 Å². The van der Waals surface area contributed by atoms with E-state index in [-0.39, 0.29) is 25.9 Å². The number of nitrogens with zero attached hydrogens (tertiary/aromatic N) is 1. The van der Waals surface area contributed by atoms with Crippen LogP contribution in [0.25, 0.3) is 0 Å². The van der Waals surface area contributed by atoms with E-state index in [0.29, 0.717) is 0 Å². The van der Waals surface area contributed by atoms with Crippen LogP contribution < -0.4 is 0 Å². The Bertz CT molecular complexity index is 297. The van der Waals surface area contributed by atoms with Crippen molar-refractivity contribution in [3.05, 3.63) is 25.3 Å². The van der Waals surface area contributed by atoms with Crippen LogP contribution in [-0.2, 0) is 0 Å². The third-order valence-corrected chi connectivity index (χ3v) is 2.69. The van der Waals surface area contributed by atoms with Crippen LogP contribution in [0.2, 0.25) is 0 Å². The Labute approximate surface area is 113 Å². The monoisotopic (exact) mass is 305 g/mol. The Kier molecular flexibility index (Phi) is 6.76. The van der Waals surface area contributed by atoms with Crippen LogP contribution >= 0.6 is 0 Å². The van der Waals surface area contributed by atoms with Gasteiger partial charge < -0.3 is 5.11 Å². The molecule has 0 aliphatic heterocycles. The van der Waals surface area contributed by atoms with Gasteiger partial charge in [-0.15, -0.1) is 13.2 Å². The molecule has 0 amide bonds. The molecule has 0 aliphatic rings. The number of aliphatic hydroxyl groups is 1. The average Bonchev–Trinajstić information content (AvgIpc) is 2.29. The van der Waals surface area contributed by atoms with Crippen molar-refractivity contribution in [1.29, 1.82) is 0 Å². The summed E-state index contributed by atoms with van der Waals surface area (Å²) in [5.41, 5.74) is -4.75. The molecule has 0 radical (unpaired) electrons. The summed E-state index contributed by atoms with van der Waals surface area (Å²) in [6.07, 6.45) is -8.42. The third kappa shape index (κ3) is 4.82. The first kappa shape index (κ1) is 19.0. The zero-order valence-corrected chi connectivity index (χ0v) is 10.8. The van der Waals surface area contributed by atoms with E-state index in [4.69, 9.17) is 5.11 Å². The summed E-state index contributed by atoms with van der Waals surface area (Å²) >= 11 is 0. The maximum absolute atomic E-state index is 12.6. The van der Waals surface area contributed by atoms with Gasteiger partial charge in [-0.25, -0.2) is 0 Å². The highest BCUT2D eigenvalue weighted by molar-refractivity contribution is 4.97. The lowest BCUT2D eigenvalue weighted by molar-refractivity contribution is -0.370. The average molecular weight is 305 g/mol. The summed E-state index contributed by atoms with van der Waals surface area (Å²) in [7, 11) is 0. The third-order valence-electron chi connectivity index (χ3n) is 2.69. The summed E-state index contributed by atoms with van der Waals surface area (Å²) in [5, 5.41) is 9.11. The van der Waals surface area contributed by atoms with Crippen LogP contribution in [0, 0.1) is 0 Å². The summed E-state index contributed by atoms with van der Waals surface area (Å²) in [6, 6.07) is 0. The van der Waals surface area contributed by atoms with E-state index in [2.05, 4.69) is 13.2 Å². The fourth-order valence-electron chi connectivity index (χ4n) is 1.48. The summed E-state index contributed by atoms with van der Waals surface area (Å²) in [5.74, 6) is 0. The maximum atomic E-state index is 12.6. The molecular weight excluding hydrogens is 288 g/mol. The minimum atomic E-state index is -5.80. The van der Waals surface area contributed by atoms with Crippen LogP contribution in [-0.4, -0.2) is 47.6 Å². The summed E-state index contributed by atoms with van der Waals surface area (Å²) < 4.78 is 75.4. The van der Waals surface area contributed by atoms with Crippen molar-refractivity contribution < 1.29 is 31.4 Å². The fraction of sp³-hybridized carbons (Fsp3) is 0.667. The molecule has 0 aromatic carbocycles. The Morgan fingerprint density at radius 1 is 0.850 bits per heavy atom. The zero-order chi connectivity index (χ0) is 16.0. The molecule has 0 aromatic heterocycles. The smallest absolute Gasteiger partial charge is 0.373 e. The van der Waals surface area contributed by atoms with E-state index in [1.807, 2.05) is 0 Å². The molecule has 2 nitrogen and oxygen atoms in total. The van der Waals surface area contributed by atoms with Gasteiger partial charge in [-0.3, -0.25) is 4.90 Å². The Balaban J connectivity index is 5.16. The summed E-state index contributed by atoms with van der Waals surface area (Å²) in [6.45, 7) is 5.01. The lowest BCUT2D eigenvalue weighted by Crippen LogP contribution is -2.63. The number of alkyl halides is 6. The van der Waals surface area contributed by atoms with Crippen molar-refractivity contribution in [2.45, 2.75) is 30.8 Å². The molecule has 0 heterocycles. The number of rotatable bonds is 8. The lowest BCUT2D eigenvalue weighted by atomic mass is 10.0. The molecule has 0 saturated carbocycles. The molecule has 0 bridgehead atoms. The molecule has 0 rings (SSSR count). The van der Waals surface area contributed by atoms with Gasteiger partial charge in [0, 0.05) is 19.6 Å². The minimum Gasteiger partial charge on any atom is -0.373 e. The van der Waals surface area contributed by atoms with Crippen LogP contribution in [0.5, 0.6) is 0 Å².